The third-order valence-electron chi connectivity index (χ3n) is 5.90. The molecule has 0 spiro atoms. The molecule has 1 N–H and O–H groups in total. The summed E-state index contributed by atoms with van der Waals surface area (Å²) in [4.78, 5) is 30.2. The van der Waals surface area contributed by atoms with E-state index in [0.717, 1.165) is 37.4 Å². The minimum absolute atomic E-state index is 0.158. The second kappa shape index (κ2) is 11.7. The molecule has 182 valence electrons. The smallest absolute Gasteiger partial charge is 0.273 e. The minimum atomic E-state index is -0.158. The van der Waals surface area contributed by atoms with E-state index in [-0.39, 0.29) is 5.91 Å². The van der Waals surface area contributed by atoms with Gasteiger partial charge in [-0.25, -0.2) is 15.0 Å². The SMILES string of the molecule is Cc1nc(Nc2nc(C(=O)N(C)CCOc3ccccc3)cs2)cc(C2CCN(CC#N)CC2)n1. The topological polar surface area (TPSA) is 107 Å². The summed E-state index contributed by atoms with van der Waals surface area (Å²) in [5.41, 5.74) is 1.39. The van der Waals surface area contributed by atoms with Crippen LogP contribution >= 0.6 is 11.3 Å². The second-order valence-electron chi connectivity index (χ2n) is 8.48. The molecule has 0 radical (unpaired) electrons. The summed E-state index contributed by atoms with van der Waals surface area (Å²) < 4.78 is 5.68. The summed E-state index contributed by atoms with van der Waals surface area (Å²) >= 11 is 1.37. The van der Waals surface area contributed by atoms with E-state index in [1.807, 2.05) is 43.3 Å². The van der Waals surface area contributed by atoms with Crippen molar-refractivity contribution in [3.8, 4) is 11.8 Å². The molecule has 1 aromatic carbocycles. The fourth-order valence-electron chi connectivity index (χ4n) is 4.00. The van der Waals surface area contributed by atoms with E-state index in [1.165, 1.54) is 11.3 Å². The summed E-state index contributed by atoms with van der Waals surface area (Å²) in [6, 6.07) is 13.7. The molecule has 0 aliphatic carbocycles. The third kappa shape index (κ3) is 6.74. The predicted octanol–water partition coefficient (Wildman–Crippen LogP) is 3.84. The predicted molar refractivity (Wildman–Crippen MR) is 135 cm³/mol. The van der Waals surface area contributed by atoms with Gasteiger partial charge in [-0.3, -0.25) is 9.69 Å². The largest absolute Gasteiger partial charge is 0.492 e. The van der Waals surface area contributed by atoms with Crippen LogP contribution in [0.5, 0.6) is 5.75 Å². The number of hydrogen-bond donors (Lipinski definition) is 1. The number of carbonyl (C=O) groups excluding carboxylic acids is 1. The number of ether oxygens (including phenoxy) is 1. The number of carbonyl (C=O) groups is 1. The van der Waals surface area contributed by atoms with Gasteiger partial charge in [0, 0.05) is 30.1 Å². The van der Waals surface area contributed by atoms with E-state index in [9.17, 15) is 4.79 Å². The number of para-hydroxylation sites is 1. The number of hydrogen-bond acceptors (Lipinski definition) is 9. The highest BCUT2D eigenvalue weighted by atomic mass is 32.1. The number of benzene rings is 1. The number of amides is 1. The first-order chi connectivity index (χ1) is 17.0. The van der Waals surface area contributed by atoms with Crippen molar-refractivity contribution in [1.82, 2.24) is 24.8 Å². The minimum Gasteiger partial charge on any atom is -0.492 e. The van der Waals surface area contributed by atoms with Crippen molar-refractivity contribution >= 4 is 28.2 Å². The van der Waals surface area contributed by atoms with Crippen LogP contribution in [-0.4, -0.2) is 70.5 Å². The molecule has 1 aliphatic heterocycles. The molecule has 1 amide bonds. The highest BCUT2D eigenvalue weighted by molar-refractivity contribution is 7.14. The zero-order valence-electron chi connectivity index (χ0n) is 20.0. The van der Waals surface area contributed by atoms with Crippen LogP contribution < -0.4 is 10.1 Å². The Morgan fingerprint density at radius 1 is 1.26 bits per heavy atom. The van der Waals surface area contributed by atoms with Crippen molar-refractivity contribution in [2.75, 3.05) is 45.2 Å². The second-order valence-corrected chi connectivity index (χ2v) is 9.34. The van der Waals surface area contributed by atoms with E-state index in [1.54, 1.807) is 17.3 Å². The average Bonchev–Trinajstić information content (AvgIpc) is 3.33. The van der Waals surface area contributed by atoms with Crippen LogP contribution in [0.25, 0.3) is 0 Å². The van der Waals surface area contributed by atoms with Crippen LogP contribution in [0.15, 0.2) is 41.8 Å². The summed E-state index contributed by atoms with van der Waals surface area (Å²) in [7, 11) is 1.74. The zero-order chi connectivity index (χ0) is 24.6. The number of rotatable bonds is 9. The molecule has 1 aliphatic rings. The van der Waals surface area contributed by atoms with Gasteiger partial charge in [-0.05, 0) is 45.0 Å². The number of aromatic nitrogens is 3. The van der Waals surface area contributed by atoms with Gasteiger partial charge in [0.1, 0.15) is 29.7 Å². The molecule has 3 aromatic rings. The van der Waals surface area contributed by atoms with Crippen molar-refractivity contribution in [2.24, 2.45) is 0 Å². The standard InChI is InChI=1S/C25H29N7O2S/c1-18-27-21(19-8-11-32(12-9-19)13-10-26)16-23(28-18)30-25-29-22(17-35-25)24(33)31(2)14-15-34-20-6-4-3-5-7-20/h3-7,16-17,19H,8-9,11-15H2,1-2H3,(H,27,28,29,30). The molecule has 1 fully saturated rings. The molecular formula is C25H29N7O2S. The maximum absolute atomic E-state index is 12.8. The van der Waals surface area contributed by atoms with E-state index < -0.39 is 0 Å². The molecular weight excluding hydrogens is 462 g/mol. The lowest BCUT2D eigenvalue weighted by Crippen LogP contribution is -2.33. The number of aryl methyl sites for hydroxylation is 1. The Morgan fingerprint density at radius 3 is 2.77 bits per heavy atom. The van der Waals surface area contributed by atoms with Crippen LogP contribution in [0.3, 0.4) is 0 Å². The van der Waals surface area contributed by atoms with Crippen molar-refractivity contribution in [2.45, 2.75) is 25.7 Å². The third-order valence-corrected chi connectivity index (χ3v) is 6.66. The molecule has 0 saturated carbocycles. The number of likely N-dealkylation sites (N-methyl/N-ethyl adjacent to an activating group) is 1. The van der Waals surface area contributed by atoms with Crippen LogP contribution in [0, 0.1) is 18.3 Å². The number of piperidine rings is 1. The van der Waals surface area contributed by atoms with Gasteiger partial charge in [-0.1, -0.05) is 18.2 Å². The number of likely N-dealkylation sites (tertiary alicyclic amines) is 1. The van der Waals surface area contributed by atoms with Gasteiger partial charge >= 0.3 is 0 Å². The summed E-state index contributed by atoms with van der Waals surface area (Å²) in [5, 5.41) is 14.5. The molecule has 10 heteroatoms. The number of anilines is 2. The highest BCUT2D eigenvalue weighted by Crippen LogP contribution is 2.29. The number of nitriles is 1. The number of nitrogens with zero attached hydrogens (tertiary/aromatic N) is 6. The maximum Gasteiger partial charge on any atom is 0.273 e. The number of thiazole rings is 1. The number of nitrogens with one attached hydrogen (secondary N) is 1. The first kappa shape index (κ1) is 24.6. The molecule has 0 unspecified atom stereocenters. The van der Waals surface area contributed by atoms with Crippen molar-refractivity contribution in [3.63, 3.8) is 0 Å². The Bertz CT molecular complexity index is 1170. The van der Waals surface area contributed by atoms with Gasteiger partial charge in [0.15, 0.2) is 5.13 Å². The van der Waals surface area contributed by atoms with Crippen molar-refractivity contribution < 1.29 is 9.53 Å². The van der Waals surface area contributed by atoms with Crippen molar-refractivity contribution in [1.29, 1.82) is 5.26 Å². The lowest BCUT2D eigenvalue weighted by atomic mass is 9.93. The molecule has 35 heavy (non-hydrogen) atoms. The van der Waals surface area contributed by atoms with Gasteiger partial charge in [-0.2, -0.15) is 5.26 Å². The van der Waals surface area contributed by atoms with Crippen LogP contribution in [0.4, 0.5) is 10.9 Å². The quantitative estimate of drug-likeness (QED) is 0.450. The fraction of sp³-hybridized carbons (Fsp3) is 0.400. The summed E-state index contributed by atoms with van der Waals surface area (Å²) in [6.45, 7) is 5.00. The molecule has 1 saturated heterocycles. The van der Waals surface area contributed by atoms with Crippen LogP contribution in [-0.2, 0) is 0 Å². The summed E-state index contributed by atoms with van der Waals surface area (Å²) in [5.74, 6) is 2.32. The van der Waals surface area contributed by atoms with Crippen molar-refractivity contribution in [3.05, 3.63) is 59.0 Å². The monoisotopic (exact) mass is 491 g/mol. The first-order valence-corrected chi connectivity index (χ1v) is 12.5. The Labute approximate surface area is 209 Å². The summed E-state index contributed by atoms with van der Waals surface area (Å²) in [6.07, 6.45) is 1.93. The van der Waals surface area contributed by atoms with Crippen LogP contribution in [0.2, 0.25) is 0 Å². The van der Waals surface area contributed by atoms with E-state index >= 15 is 0 Å². The van der Waals surface area contributed by atoms with Gasteiger partial charge in [0.05, 0.1) is 19.2 Å². The lowest BCUT2D eigenvalue weighted by Gasteiger charge is -2.30. The highest BCUT2D eigenvalue weighted by Gasteiger charge is 2.22. The Balaban J connectivity index is 1.33. The molecule has 3 heterocycles. The van der Waals surface area contributed by atoms with E-state index in [2.05, 4.69) is 31.2 Å². The zero-order valence-corrected chi connectivity index (χ0v) is 20.8. The van der Waals surface area contributed by atoms with Gasteiger partial charge < -0.3 is 15.0 Å². The Morgan fingerprint density at radius 2 is 2.03 bits per heavy atom. The first-order valence-electron chi connectivity index (χ1n) is 11.6. The van der Waals surface area contributed by atoms with Gasteiger partial charge in [0.25, 0.3) is 5.91 Å². The van der Waals surface area contributed by atoms with Crippen LogP contribution in [0.1, 0.15) is 40.8 Å². The molecule has 9 nitrogen and oxygen atoms in total. The lowest BCUT2D eigenvalue weighted by molar-refractivity contribution is 0.0769. The maximum atomic E-state index is 12.8. The Kier molecular flexibility index (Phi) is 8.23. The molecule has 4 rings (SSSR count). The van der Waals surface area contributed by atoms with E-state index in [0.29, 0.717) is 48.1 Å². The average molecular weight is 492 g/mol. The van der Waals surface area contributed by atoms with E-state index in [4.69, 9.17) is 10.00 Å². The van der Waals surface area contributed by atoms with Gasteiger partial charge in [0.2, 0.25) is 0 Å². The Hall–Kier alpha value is -3.55. The molecule has 0 bridgehead atoms. The normalized spacial score (nSPS) is 14.3. The fourth-order valence-corrected chi connectivity index (χ4v) is 4.70. The molecule has 2 aromatic heterocycles. The van der Waals surface area contributed by atoms with Gasteiger partial charge in [-0.15, -0.1) is 11.3 Å². The molecule has 0 atom stereocenters.